The molecule has 3 heteroatoms. The molecule has 0 aliphatic rings. The zero-order valence-corrected chi connectivity index (χ0v) is 6.50. The van der Waals surface area contributed by atoms with Gasteiger partial charge in [-0.25, -0.2) is 0 Å². The summed E-state index contributed by atoms with van der Waals surface area (Å²) in [6.45, 7) is 7.30. The van der Waals surface area contributed by atoms with Crippen LogP contribution < -0.4 is 5.48 Å². The van der Waals surface area contributed by atoms with Gasteiger partial charge in [0.15, 0.2) is 0 Å². The molecule has 0 saturated carbocycles. The number of rotatable bonds is 5. The fourth-order valence-corrected chi connectivity index (χ4v) is 0.309. The number of aliphatic hydroxyl groups excluding tert-OH is 1. The van der Waals surface area contributed by atoms with Crippen molar-refractivity contribution in [3.05, 3.63) is 12.7 Å². The molecule has 0 saturated heterocycles. The van der Waals surface area contributed by atoms with Crippen LogP contribution in [0.2, 0.25) is 0 Å². The molecule has 0 aliphatic heterocycles. The van der Waals surface area contributed by atoms with Crippen LogP contribution in [-0.2, 0) is 4.84 Å². The summed E-state index contributed by atoms with van der Waals surface area (Å²) in [5, 5.41) is 8.55. The maximum absolute atomic E-state index is 8.55. The Bertz CT molecular complexity index is 95.6. The van der Waals surface area contributed by atoms with Gasteiger partial charge in [0.2, 0.25) is 0 Å². The van der Waals surface area contributed by atoms with E-state index in [-0.39, 0.29) is 18.8 Å². The summed E-state index contributed by atoms with van der Waals surface area (Å²) in [4.78, 5) is 5.02. The molecule has 2 N–H and O–H groups in total. The summed E-state index contributed by atoms with van der Waals surface area (Å²) in [6, 6.07) is -0.0256. The quantitative estimate of drug-likeness (QED) is 0.436. The Kier molecular flexibility index (Phi) is 5.20. The SMILES string of the molecule is C=CC(C)ONC(C)CO. The number of nitrogens with one attached hydrogen (secondary N) is 1. The molecule has 0 heterocycles. The Morgan fingerprint density at radius 2 is 2.30 bits per heavy atom. The highest BCUT2D eigenvalue weighted by Gasteiger charge is 1.99. The van der Waals surface area contributed by atoms with E-state index in [9.17, 15) is 0 Å². The minimum atomic E-state index is -0.0256. The zero-order valence-electron chi connectivity index (χ0n) is 6.50. The van der Waals surface area contributed by atoms with Crippen molar-refractivity contribution in [1.82, 2.24) is 5.48 Å². The van der Waals surface area contributed by atoms with Gasteiger partial charge in [0.05, 0.1) is 18.8 Å². The van der Waals surface area contributed by atoms with Gasteiger partial charge >= 0.3 is 0 Å². The molecule has 0 radical (unpaired) electrons. The van der Waals surface area contributed by atoms with Crippen LogP contribution in [0.15, 0.2) is 12.7 Å². The molecular formula is C7H15NO2. The lowest BCUT2D eigenvalue weighted by Crippen LogP contribution is -2.32. The van der Waals surface area contributed by atoms with Crippen molar-refractivity contribution in [2.24, 2.45) is 0 Å². The van der Waals surface area contributed by atoms with Crippen molar-refractivity contribution < 1.29 is 9.94 Å². The van der Waals surface area contributed by atoms with Crippen LogP contribution in [-0.4, -0.2) is 23.9 Å². The van der Waals surface area contributed by atoms with Gasteiger partial charge in [-0.3, -0.25) is 4.84 Å². The van der Waals surface area contributed by atoms with Crippen LogP contribution in [0.4, 0.5) is 0 Å². The lowest BCUT2D eigenvalue weighted by molar-refractivity contribution is -0.0193. The van der Waals surface area contributed by atoms with E-state index in [1.165, 1.54) is 0 Å². The predicted molar refractivity (Wildman–Crippen MR) is 40.4 cm³/mol. The average molecular weight is 145 g/mol. The van der Waals surface area contributed by atoms with Gasteiger partial charge in [-0.05, 0) is 13.8 Å². The molecule has 10 heavy (non-hydrogen) atoms. The molecule has 0 rings (SSSR count). The zero-order chi connectivity index (χ0) is 7.98. The number of aliphatic hydroxyl groups is 1. The van der Waals surface area contributed by atoms with Gasteiger partial charge in [0, 0.05) is 0 Å². The first-order valence-corrected chi connectivity index (χ1v) is 3.35. The van der Waals surface area contributed by atoms with E-state index in [0.717, 1.165) is 0 Å². The van der Waals surface area contributed by atoms with E-state index >= 15 is 0 Å². The van der Waals surface area contributed by atoms with Gasteiger partial charge in [-0.2, -0.15) is 5.48 Å². The first-order valence-electron chi connectivity index (χ1n) is 3.35. The van der Waals surface area contributed by atoms with Gasteiger partial charge in [0.1, 0.15) is 0 Å². The third-order valence-electron chi connectivity index (χ3n) is 1.06. The molecule has 0 spiro atoms. The van der Waals surface area contributed by atoms with Crippen LogP contribution in [0.5, 0.6) is 0 Å². The second-order valence-corrected chi connectivity index (χ2v) is 2.26. The highest BCUT2D eigenvalue weighted by atomic mass is 16.7. The van der Waals surface area contributed by atoms with E-state index in [1.807, 2.05) is 13.8 Å². The number of hydrogen-bond donors (Lipinski definition) is 2. The van der Waals surface area contributed by atoms with Crippen molar-refractivity contribution in [3.63, 3.8) is 0 Å². The minimum absolute atomic E-state index is 0.0194. The lowest BCUT2D eigenvalue weighted by atomic mass is 10.4. The monoisotopic (exact) mass is 145 g/mol. The molecule has 0 aromatic heterocycles. The van der Waals surface area contributed by atoms with Crippen molar-refractivity contribution in [1.29, 1.82) is 0 Å². The van der Waals surface area contributed by atoms with Crippen LogP contribution in [0, 0.1) is 0 Å². The summed E-state index contributed by atoms with van der Waals surface area (Å²) >= 11 is 0. The smallest absolute Gasteiger partial charge is 0.0940 e. The third kappa shape index (κ3) is 4.49. The highest BCUT2D eigenvalue weighted by Crippen LogP contribution is 1.88. The molecule has 3 nitrogen and oxygen atoms in total. The summed E-state index contributed by atoms with van der Waals surface area (Å²) in [5.41, 5.74) is 2.66. The van der Waals surface area contributed by atoms with E-state index in [4.69, 9.17) is 9.94 Å². The largest absolute Gasteiger partial charge is 0.395 e. The topological polar surface area (TPSA) is 41.5 Å². The minimum Gasteiger partial charge on any atom is -0.395 e. The van der Waals surface area contributed by atoms with E-state index in [2.05, 4.69) is 12.1 Å². The number of hydrogen-bond acceptors (Lipinski definition) is 3. The van der Waals surface area contributed by atoms with Gasteiger partial charge in [0.25, 0.3) is 0 Å². The maximum atomic E-state index is 8.55. The van der Waals surface area contributed by atoms with Gasteiger partial charge < -0.3 is 5.11 Å². The molecular weight excluding hydrogens is 130 g/mol. The molecule has 0 aromatic carbocycles. The van der Waals surface area contributed by atoms with Crippen LogP contribution in [0.3, 0.4) is 0 Å². The van der Waals surface area contributed by atoms with Crippen LogP contribution >= 0.6 is 0 Å². The molecule has 2 atom stereocenters. The van der Waals surface area contributed by atoms with Gasteiger partial charge in [-0.15, -0.1) is 6.58 Å². The fraction of sp³-hybridized carbons (Fsp3) is 0.714. The predicted octanol–water partition coefficient (Wildman–Crippen LogP) is 0.463. The highest BCUT2D eigenvalue weighted by molar-refractivity contribution is 4.74. The van der Waals surface area contributed by atoms with Crippen molar-refractivity contribution in [2.75, 3.05) is 6.61 Å². The van der Waals surface area contributed by atoms with Gasteiger partial charge in [-0.1, -0.05) is 6.08 Å². The van der Waals surface area contributed by atoms with Crippen LogP contribution in [0.25, 0.3) is 0 Å². The molecule has 0 aromatic rings. The Morgan fingerprint density at radius 3 is 2.70 bits per heavy atom. The standard InChI is InChI=1S/C7H15NO2/c1-4-7(3)10-8-6(2)5-9/h4,6-9H,1,5H2,2-3H3. The molecule has 0 bridgehead atoms. The number of hydroxylamine groups is 1. The average Bonchev–Trinajstić information content (AvgIpc) is 1.99. The summed E-state index contributed by atoms with van der Waals surface area (Å²) in [5.74, 6) is 0. The van der Waals surface area contributed by atoms with Crippen LogP contribution in [0.1, 0.15) is 13.8 Å². The van der Waals surface area contributed by atoms with Crippen molar-refractivity contribution in [3.8, 4) is 0 Å². The fourth-order valence-electron chi connectivity index (χ4n) is 0.309. The Morgan fingerprint density at radius 1 is 1.70 bits per heavy atom. The molecule has 0 fully saturated rings. The Labute approximate surface area is 61.7 Å². The first kappa shape index (κ1) is 9.62. The maximum Gasteiger partial charge on any atom is 0.0940 e. The second kappa shape index (κ2) is 5.41. The summed E-state index contributed by atoms with van der Waals surface area (Å²) in [7, 11) is 0. The van der Waals surface area contributed by atoms with Crippen molar-refractivity contribution in [2.45, 2.75) is 26.0 Å². The lowest BCUT2D eigenvalue weighted by Gasteiger charge is -2.13. The van der Waals surface area contributed by atoms with E-state index in [0.29, 0.717) is 0 Å². The molecule has 60 valence electrons. The Hall–Kier alpha value is -0.380. The Balaban J connectivity index is 3.25. The molecule has 0 amide bonds. The van der Waals surface area contributed by atoms with E-state index in [1.54, 1.807) is 6.08 Å². The molecule has 0 aliphatic carbocycles. The van der Waals surface area contributed by atoms with E-state index < -0.39 is 0 Å². The second-order valence-electron chi connectivity index (χ2n) is 2.26. The third-order valence-corrected chi connectivity index (χ3v) is 1.06. The van der Waals surface area contributed by atoms with Crippen molar-refractivity contribution >= 4 is 0 Å². The normalized spacial score (nSPS) is 16.3. The summed E-state index contributed by atoms with van der Waals surface area (Å²) < 4.78 is 0. The molecule has 2 unspecified atom stereocenters. The first-order chi connectivity index (χ1) is 4.70. The summed E-state index contributed by atoms with van der Waals surface area (Å²) in [6.07, 6.45) is 1.66.